The first-order chi connectivity index (χ1) is 13.7. The number of fused-ring (bicyclic) bond motifs is 2. The van der Waals surface area contributed by atoms with Crippen molar-refractivity contribution in [1.29, 1.82) is 0 Å². The molecule has 28 heavy (non-hydrogen) atoms. The number of ether oxygens (including phenoxy) is 2. The van der Waals surface area contributed by atoms with Crippen LogP contribution in [0, 0.1) is 0 Å². The summed E-state index contributed by atoms with van der Waals surface area (Å²) < 4.78 is 10.9. The van der Waals surface area contributed by atoms with E-state index in [0.29, 0.717) is 30.4 Å². The van der Waals surface area contributed by atoms with Crippen molar-refractivity contribution in [2.24, 2.45) is 0 Å². The molecule has 0 radical (unpaired) electrons. The minimum Gasteiger partial charge on any atom is -0.486 e. The van der Waals surface area contributed by atoms with Crippen molar-refractivity contribution in [1.82, 2.24) is 10.3 Å². The first kappa shape index (κ1) is 18.1. The van der Waals surface area contributed by atoms with Gasteiger partial charge in [-0.15, -0.1) is 0 Å². The maximum atomic E-state index is 12.0. The highest BCUT2D eigenvalue weighted by molar-refractivity contribution is 7.99. The number of nitrogens with zero attached hydrogens (tertiary/aromatic N) is 1. The van der Waals surface area contributed by atoms with Crippen LogP contribution in [0.5, 0.6) is 11.5 Å². The Kier molecular flexibility index (Phi) is 5.29. The zero-order valence-electron chi connectivity index (χ0n) is 14.8. The van der Waals surface area contributed by atoms with Gasteiger partial charge in [-0.25, -0.2) is 9.78 Å². The zero-order chi connectivity index (χ0) is 19.3. The standard InChI is InChI=1S/C20H17N3O4S/c24-18(12-28-19-8-5-13-3-1-2-4-15(13)22-19)23-20(25)21-14-6-7-16-17(11-14)27-10-9-26-16/h1-8,11H,9-10,12H2,(H2,21,23,24,25). The van der Waals surface area contributed by atoms with Crippen molar-refractivity contribution in [2.75, 3.05) is 24.3 Å². The number of urea groups is 1. The molecule has 7 nitrogen and oxygen atoms in total. The van der Waals surface area contributed by atoms with Gasteiger partial charge in [-0.2, -0.15) is 0 Å². The fourth-order valence-electron chi connectivity index (χ4n) is 2.71. The number of anilines is 1. The van der Waals surface area contributed by atoms with Crippen molar-refractivity contribution in [3.05, 3.63) is 54.6 Å². The zero-order valence-corrected chi connectivity index (χ0v) is 15.6. The summed E-state index contributed by atoms with van der Waals surface area (Å²) >= 11 is 1.27. The van der Waals surface area contributed by atoms with E-state index < -0.39 is 11.9 Å². The first-order valence-corrected chi connectivity index (χ1v) is 9.65. The maximum absolute atomic E-state index is 12.0. The molecule has 2 heterocycles. The Morgan fingerprint density at radius 2 is 1.82 bits per heavy atom. The van der Waals surface area contributed by atoms with Gasteiger partial charge >= 0.3 is 6.03 Å². The summed E-state index contributed by atoms with van der Waals surface area (Å²) in [6.07, 6.45) is 0. The van der Waals surface area contributed by atoms with Gasteiger partial charge in [0.05, 0.1) is 16.3 Å². The molecular weight excluding hydrogens is 378 g/mol. The van der Waals surface area contributed by atoms with Crippen molar-refractivity contribution < 1.29 is 19.1 Å². The molecular formula is C20H17N3O4S. The molecule has 3 amide bonds. The second kappa shape index (κ2) is 8.18. The summed E-state index contributed by atoms with van der Waals surface area (Å²) in [4.78, 5) is 28.6. The van der Waals surface area contributed by atoms with Gasteiger partial charge in [0, 0.05) is 17.1 Å². The third-order valence-corrected chi connectivity index (χ3v) is 4.91. The Morgan fingerprint density at radius 3 is 2.71 bits per heavy atom. The predicted molar refractivity (Wildman–Crippen MR) is 107 cm³/mol. The number of rotatable bonds is 4. The van der Waals surface area contributed by atoms with E-state index in [2.05, 4.69) is 15.6 Å². The lowest BCUT2D eigenvalue weighted by Gasteiger charge is -2.19. The molecule has 2 N–H and O–H groups in total. The Morgan fingerprint density at radius 1 is 1.00 bits per heavy atom. The van der Waals surface area contributed by atoms with Crippen LogP contribution in [-0.2, 0) is 4.79 Å². The number of amides is 3. The number of imide groups is 1. The Bertz CT molecular complexity index is 1040. The number of pyridine rings is 1. The number of aromatic nitrogens is 1. The van der Waals surface area contributed by atoms with E-state index in [0.717, 1.165) is 15.9 Å². The lowest BCUT2D eigenvalue weighted by molar-refractivity contribution is -0.117. The van der Waals surface area contributed by atoms with Crippen molar-refractivity contribution in [3.63, 3.8) is 0 Å². The van der Waals surface area contributed by atoms with E-state index in [4.69, 9.17) is 9.47 Å². The van der Waals surface area contributed by atoms with E-state index in [-0.39, 0.29) is 5.75 Å². The van der Waals surface area contributed by atoms with Crippen molar-refractivity contribution in [2.45, 2.75) is 5.03 Å². The number of thioether (sulfide) groups is 1. The summed E-state index contributed by atoms with van der Waals surface area (Å²) in [6.45, 7) is 0.958. The lowest BCUT2D eigenvalue weighted by atomic mass is 10.2. The lowest BCUT2D eigenvalue weighted by Crippen LogP contribution is -2.35. The van der Waals surface area contributed by atoms with Gasteiger partial charge in [-0.1, -0.05) is 36.0 Å². The van der Waals surface area contributed by atoms with Crippen LogP contribution in [0.3, 0.4) is 0 Å². The molecule has 4 rings (SSSR count). The monoisotopic (exact) mass is 395 g/mol. The predicted octanol–water partition coefficient (Wildman–Crippen LogP) is 3.45. The van der Waals surface area contributed by atoms with Crippen LogP contribution in [0.15, 0.2) is 59.6 Å². The van der Waals surface area contributed by atoms with Gasteiger partial charge in [0.25, 0.3) is 0 Å². The van der Waals surface area contributed by atoms with Gasteiger partial charge in [0.15, 0.2) is 11.5 Å². The topological polar surface area (TPSA) is 89.6 Å². The van der Waals surface area contributed by atoms with Crippen LogP contribution < -0.4 is 20.1 Å². The van der Waals surface area contributed by atoms with E-state index in [1.165, 1.54) is 11.8 Å². The van der Waals surface area contributed by atoms with Gasteiger partial charge < -0.3 is 14.8 Å². The molecule has 0 unspecified atom stereocenters. The molecule has 0 aliphatic carbocycles. The van der Waals surface area contributed by atoms with Gasteiger partial charge in [0.2, 0.25) is 5.91 Å². The average Bonchev–Trinajstić information content (AvgIpc) is 2.72. The highest BCUT2D eigenvalue weighted by Gasteiger charge is 2.14. The minimum atomic E-state index is -0.603. The highest BCUT2D eigenvalue weighted by Crippen LogP contribution is 2.32. The molecule has 142 valence electrons. The largest absolute Gasteiger partial charge is 0.486 e. The molecule has 0 bridgehead atoms. The fourth-order valence-corrected chi connectivity index (χ4v) is 3.39. The van der Waals surface area contributed by atoms with E-state index in [1.807, 2.05) is 36.4 Å². The smallest absolute Gasteiger partial charge is 0.325 e. The van der Waals surface area contributed by atoms with Gasteiger partial charge in [0.1, 0.15) is 13.2 Å². The van der Waals surface area contributed by atoms with Crippen molar-refractivity contribution >= 4 is 40.3 Å². The third-order valence-electron chi connectivity index (χ3n) is 3.98. The van der Waals surface area contributed by atoms with Crippen molar-refractivity contribution in [3.8, 4) is 11.5 Å². The van der Waals surface area contributed by atoms with Gasteiger partial charge in [-0.05, 0) is 24.3 Å². The highest BCUT2D eigenvalue weighted by atomic mass is 32.2. The number of carbonyl (C=O) groups is 2. The normalized spacial score (nSPS) is 12.4. The summed E-state index contributed by atoms with van der Waals surface area (Å²) in [5.74, 6) is 0.871. The molecule has 0 atom stereocenters. The van der Waals surface area contributed by atoms with Crippen LogP contribution in [0.25, 0.3) is 10.9 Å². The Labute approximate surface area is 165 Å². The summed E-state index contributed by atoms with van der Waals surface area (Å²) in [5, 5.41) is 6.68. The number of hydrogen-bond acceptors (Lipinski definition) is 6. The molecule has 0 spiro atoms. The van der Waals surface area contributed by atoms with Crippen LogP contribution >= 0.6 is 11.8 Å². The molecule has 3 aromatic rings. The molecule has 1 aromatic heterocycles. The van der Waals surface area contributed by atoms with Crippen LogP contribution in [-0.4, -0.2) is 35.9 Å². The number of carbonyl (C=O) groups excluding carboxylic acids is 2. The molecule has 0 fully saturated rings. The number of hydrogen-bond donors (Lipinski definition) is 2. The SMILES string of the molecule is O=C(CSc1ccc2ccccc2n1)NC(=O)Nc1ccc2c(c1)OCCO2. The number of para-hydroxylation sites is 1. The van der Waals surface area contributed by atoms with E-state index in [1.54, 1.807) is 18.2 Å². The Hall–Kier alpha value is -3.26. The second-order valence-electron chi connectivity index (χ2n) is 5.99. The fraction of sp³-hybridized carbons (Fsp3) is 0.150. The van der Waals surface area contributed by atoms with Crippen LogP contribution in [0.4, 0.5) is 10.5 Å². The molecule has 1 aliphatic rings. The van der Waals surface area contributed by atoms with E-state index >= 15 is 0 Å². The van der Waals surface area contributed by atoms with Crippen LogP contribution in [0.1, 0.15) is 0 Å². The molecule has 2 aromatic carbocycles. The average molecular weight is 395 g/mol. The molecule has 0 saturated heterocycles. The minimum absolute atomic E-state index is 0.0832. The number of nitrogens with one attached hydrogen (secondary N) is 2. The number of benzene rings is 2. The summed E-state index contributed by atoms with van der Waals surface area (Å²) in [7, 11) is 0. The summed E-state index contributed by atoms with van der Waals surface area (Å²) in [6, 6.07) is 16.0. The molecule has 0 saturated carbocycles. The van der Waals surface area contributed by atoms with Crippen LogP contribution in [0.2, 0.25) is 0 Å². The van der Waals surface area contributed by atoms with E-state index in [9.17, 15) is 9.59 Å². The van der Waals surface area contributed by atoms with Gasteiger partial charge in [-0.3, -0.25) is 10.1 Å². The second-order valence-corrected chi connectivity index (χ2v) is 6.99. The molecule has 8 heteroatoms. The molecule has 1 aliphatic heterocycles. The third kappa shape index (κ3) is 4.34. The quantitative estimate of drug-likeness (QED) is 0.658. The Balaban J connectivity index is 1.30. The maximum Gasteiger partial charge on any atom is 0.325 e. The first-order valence-electron chi connectivity index (χ1n) is 8.66. The summed E-state index contributed by atoms with van der Waals surface area (Å²) in [5.41, 5.74) is 1.38.